The highest BCUT2D eigenvalue weighted by Gasteiger charge is 2.33. The Bertz CT molecular complexity index is 537. The van der Waals surface area contributed by atoms with E-state index < -0.39 is 0 Å². The van der Waals surface area contributed by atoms with Gasteiger partial charge in [-0.05, 0) is 25.7 Å². The number of rotatable bonds is 3. The standard InChI is InChI=1S/C13H18N4S2/c1-16(13-15-12-11(19-13)14-8-18-12)9-4-6-17(7-5-9)10-2-3-10/h8-10H,2-7H2,1H3. The summed E-state index contributed by atoms with van der Waals surface area (Å²) in [6, 6.07) is 1.57. The van der Waals surface area contributed by atoms with Gasteiger partial charge in [-0.3, -0.25) is 0 Å². The third kappa shape index (κ3) is 2.26. The molecule has 2 aromatic heterocycles. The molecule has 0 N–H and O–H groups in total. The second-order valence-electron chi connectivity index (χ2n) is 5.57. The first-order chi connectivity index (χ1) is 9.31. The van der Waals surface area contributed by atoms with Gasteiger partial charge in [0.2, 0.25) is 0 Å². The Kier molecular flexibility index (Phi) is 2.97. The molecule has 6 heteroatoms. The average molecular weight is 294 g/mol. The lowest BCUT2D eigenvalue weighted by atomic mass is 10.0. The fourth-order valence-corrected chi connectivity index (χ4v) is 4.74. The summed E-state index contributed by atoms with van der Waals surface area (Å²) in [6.07, 6.45) is 5.39. The molecule has 0 atom stereocenters. The van der Waals surface area contributed by atoms with E-state index in [0.29, 0.717) is 6.04 Å². The van der Waals surface area contributed by atoms with Crippen LogP contribution in [-0.4, -0.2) is 47.1 Å². The van der Waals surface area contributed by atoms with Crippen molar-refractivity contribution in [1.29, 1.82) is 0 Å². The molecule has 0 unspecified atom stereocenters. The van der Waals surface area contributed by atoms with Crippen LogP contribution in [0, 0.1) is 0 Å². The van der Waals surface area contributed by atoms with Crippen LogP contribution in [0.15, 0.2) is 5.51 Å². The minimum absolute atomic E-state index is 0.648. The van der Waals surface area contributed by atoms with Crippen molar-refractivity contribution in [3.05, 3.63) is 5.51 Å². The predicted molar refractivity (Wildman–Crippen MR) is 81.3 cm³/mol. The number of fused-ring (bicyclic) bond motifs is 1. The molecule has 2 fully saturated rings. The summed E-state index contributed by atoms with van der Waals surface area (Å²) in [4.78, 5) is 16.3. The molecule has 4 nitrogen and oxygen atoms in total. The third-order valence-electron chi connectivity index (χ3n) is 4.31. The largest absolute Gasteiger partial charge is 0.348 e. The lowest BCUT2D eigenvalue weighted by Gasteiger charge is -2.36. The van der Waals surface area contributed by atoms with Gasteiger partial charge in [0.15, 0.2) is 14.8 Å². The minimum atomic E-state index is 0.648. The molecule has 102 valence electrons. The van der Waals surface area contributed by atoms with E-state index in [0.717, 1.165) is 20.8 Å². The predicted octanol–water partition coefficient (Wildman–Crippen LogP) is 2.82. The van der Waals surface area contributed by atoms with Crippen molar-refractivity contribution in [2.75, 3.05) is 25.0 Å². The number of piperidine rings is 1. The van der Waals surface area contributed by atoms with Gasteiger partial charge in [-0.2, -0.15) is 0 Å². The van der Waals surface area contributed by atoms with Crippen LogP contribution in [0.4, 0.5) is 5.13 Å². The van der Waals surface area contributed by atoms with Gasteiger partial charge in [0, 0.05) is 32.2 Å². The van der Waals surface area contributed by atoms with Crippen molar-refractivity contribution in [1.82, 2.24) is 14.9 Å². The quantitative estimate of drug-likeness (QED) is 0.871. The molecule has 0 aromatic carbocycles. The van der Waals surface area contributed by atoms with Gasteiger partial charge in [-0.25, -0.2) is 9.97 Å². The molecule has 2 aromatic rings. The third-order valence-corrected chi connectivity index (χ3v) is 6.22. The zero-order valence-corrected chi connectivity index (χ0v) is 12.7. The van der Waals surface area contributed by atoms with E-state index in [-0.39, 0.29) is 0 Å². The van der Waals surface area contributed by atoms with E-state index in [1.165, 1.54) is 38.8 Å². The van der Waals surface area contributed by atoms with Crippen LogP contribution in [0.1, 0.15) is 25.7 Å². The van der Waals surface area contributed by atoms with Gasteiger partial charge in [-0.15, -0.1) is 11.3 Å². The summed E-state index contributed by atoms with van der Waals surface area (Å²) in [5.74, 6) is 0. The lowest BCUT2D eigenvalue weighted by molar-refractivity contribution is 0.202. The van der Waals surface area contributed by atoms with Gasteiger partial charge in [0.1, 0.15) is 0 Å². The number of anilines is 1. The van der Waals surface area contributed by atoms with E-state index in [1.54, 1.807) is 22.7 Å². The molecule has 1 aliphatic heterocycles. The fraction of sp³-hybridized carbons (Fsp3) is 0.692. The highest BCUT2D eigenvalue weighted by Crippen LogP contribution is 2.34. The molecule has 0 spiro atoms. The summed E-state index contributed by atoms with van der Waals surface area (Å²) in [5.41, 5.74) is 1.88. The minimum Gasteiger partial charge on any atom is -0.348 e. The normalized spacial score (nSPS) is 22.2. The summed E-state index contributed by atoms with van der Waals surface area (Å²) in [5, 5.41) is 1.14. The van der Waals surface area contributed by atoms with Crippen LogP contribution in [0.3, 0.4) is 0 Å². The fourth-order valence-electron chi connectivity index (χ4n) is 2.96. The summed E-state index contributed by atoms with van der Waals surface area (Å²) in [7, 11) is 2.19. The smallest absolute Gasteiger partial charge is 0.188 e. The second-order valence-corrected chi connectivity index (χ2v) is 7.36. The van der Waals surface area contributed by atoms with Gasteiger partial charge in [-0.1, -0.05) is 11.3 Å². The van der Waals surface area contributed by atoms with Crippen LogP contribution >= 0.6 is 22.7 Å². The van der Waals surface area contributed by atoms with Crippen LogP contribution in [0.2, 0.25) is 0 Å². The Balaban J connectivity index is 1.45. The Morgan fingerprint density at radius 2 is 2.00 bits per heavy atom. The highest BCUT2D eigenvalue weighted by atomic mass is 32.1. The molecule has 2 aliphatic rings. The first kappa shape index (κ1) is 12.1. The molecular weight excluding hydrogens is 276 g/mol. The summed E-state index contributed by atoms with van der Waals surface area (Å²) >= 11 is 3.36. The average Bonchev–Trinajstić information content (AvgIpc) is 3.06. The van der Waals surface area contributed by atoms with Gasteiger partial charge < -0.3 is 9.80 Å². The van der Waals surface area contributed by atoms with E-state index >= 15 is 0 Å². The molecule has 19 heavy (non-hydrogen) atoms. The molecule has 1 saturated heterocycles. The van der Waals surface area contributed by atoms with Crippen molar-refractivity contribution < 1.29 is 0 Å². The van der Waals surface area contributed by atoms with Gasteiger partial charge >= 0.3 is 0 Å². The monoisotopic (exact) mass is 294 g/mol. The zero-order valence-electron chi connectivity index (χ0n) is 11.1. The number of hydrogen-bond donors (Lipinski definition) is 0. The van der Waals surface area contributed by atoms with Crippen LogP contribution in [-0.2, 0) is 0 Å². The number of thiazole rings is 2. The molecule has 4 rings (SSSR count). The Morgan fingerprint density at radius 3 is 2.68 bits per heavy atom. The van der Waals surface area contributed by atoms with Gasteiger partial charge in [0.05, 0.1) is 5.51 Å². The molecule has 0 amide bonds. The van der Waals surface area contributed by atoms with E-state index in [9.17, 15) is 0 Å². The molecule has 1 aliphatic carbocycles. The summed E-state index contributed by atoms with van der Waals surface area (Å²) in [6.45, 7) is 2.52. The number of nitrogens with zero attached hydrogens (tertiary/aromatic N) is 4. The maximum absolute atomic E-state index is 4.70. The topological polar surface area (TPSA) is 32.3 Å². The SMILES string of the molecule is CN(c1nc2scnc2s1)C1CCN(C2CC2)CC1. The van der Waals surface area contributed by atoms with E-state index in [2.05, 4.69) is 21.8 Å². The van der Waals surface area contributed by atoms with Gasteiger partial charge in [0.25, 0.3) is 0 Å². The van der Waals surface area contributed by atoms with Crippen molar-refractivity contribution in [2.45, 2.75) is 37.8 Å². The molecular formula is C13H18N4S2. The second kappa shape index (κ2) is 4.68. The number of aromatic nitrogens is 2. The van der Waals surface area contributed by atoms with Crippen molar-refractivity contribution in [3.63, 3.8) is 0 Å². The number of hydrogen-bond acceptors (Lipinski definition) is 6. The molecule has 3 heterocycles. The summed E-state index contributed by atoms with van der Waals surface area (Å²) < 4.78 is 0. The van der Waals surface area contributed by atoms with E-state index in [4.69, 9.17) is 4.98 Å². The Morgan fingerprint density at radius 1 is 1.21 bits per heavy atom. The number of likely N-dealkylation sites (tertiary alicyclic amines) is 1. The van der Waals surface area contributed by atoms with Crippen LogP contribution in [0.25, 0.3) is 9.66 Å². The van der Waals surface area contributed by atoms with Crippen molar-refractivity contribution in [2.24, 2.45) is 0 Å². The van der Waals surface area contributed by atoms with Crippen molar-refractivity contribution in [3.8, 4) is 0 Å². The Labute approximate surface area is 121 Å². The lowest BCUT2D eigenvalue weighted by Crippen LogP contribution is -2.44. The first-order valence-corrected chi connectivity index (χ1v) is 8.68. The first-order valence-electron chi connectivity index (χ1n) is 6.98. The molecule has 1 saturated carbocycles. The van der Waals surface area contributed by atoms with Crippen LogP contribution in [0.5, 0.6) is 0 Å². The zero-order chi connectivity index (χ0) is 12.8. The highest BCUT2D eigenvalue weighted by molar-refractivity contribution is 7.27. The van der Waals surface area contributed by atoms with E-state index in [1.807, 2.05) is 5.51 Å². The maximum atomic E-state index is 4.70. The molecule has 0 radical (unpaired) electrons. The van der Waals surface area contributed by atoms with Crippen LogP contribution < -0.4 is 4.90 Å². The Hall–Kier alpha value is -0.720. The molecule has 0 bridgehead atoms. The van der Waals surface area contributed by atoms with Crippen molar-refractivity contribution >= 4 is 37.5 Å². The maximum Gasteiger partial charge on any atom is 0.188 e.